The summed E-state index contributed by atoms with van der Waals surface area (Å²) in [5.74, 6) is 0.936. The number of fused-ring (bicyclic) bond motifs is 1. The van der Waals surface area contributed by atoms with E-state index < -0.39 is 11.2 Å². The highest BCUT2D eigenvalue weighted by atomic mass is 19.1. The van der Waals surface area contributed by atoms with Crippen LogP contribution in [0.25, 0.3) is 11.2 Å². The molecular weight excluding hydrogens is 431 g/mol. The van der Waals surface area contributed by atoms with Gasteiger partial charge in [-0.25, -0.2) is 9.18 Å². The summed E-state index contributed by atoms with van der Waals surface area (Å²) in [6, 6.07) is 7.02. The first kappa shape index (κ1) is 22.5. The van der Waals surface area contributed by atoms with E-state index >= 15 is 0 Å². The van der Waals surface area contributed by atoms with Crippen molar-refractivity contribution in [3.63, 3.8) is 0 Å². The molecule has 9 nitrogen and oxygen atoms in total. The summed E-state index contributed by atoms with van der Waals surface area (Å²) < 4.78 is 28.7. The monoisotopic (exact) mass is 456 g/mol. The van der Waals surface area contributed by atoms with Crippen LogP contribution in [0.4, 0.5) is 4.39 Å². The first-order valence-corrected chi connectivity index (χ1v) is 10.6. The molecule has 0 spiro atoms. The molecule has 1 N–H and O–H groups in total. The van der Waals surface area contributed by atoms with Crippen LogP contribution in [-0.2, 0) is 20.1 Å². The number of benzene rings is 1. The summed E-state index contributed by atoms with van der Waals surface area (Å²) >= 11 is 0. The SMILES string of the molecule is COc1ccc(Oc2nc3c(c(=O)n(CCCO)c(=O)n3C)n2CC2=CC=C(F)CC2)cc1. The van der Waals surface area contributed by atoms with Gasteiger partial charge in [0.25, 0.3) is 5.56 Å². The summed E-state index contributed by atoms with van der Waals surface area (Å²) in [6.07, 6.45) is 4.14. The van der Waals surface area contributed by atoms with Gasteiger partial charge in [0.05, 0.1) is 7.11 Å². The average molecular weight is 456 g/mol. The average Bonchev–Trinajstić information content (AvgIpc) is 3.17. The second-order valence-electron chi connectivity index (χ2n) is 7.74. The Morgan fingerprint density at radius 1 is 1.09 bits per heavy atom. The molecule has 2 aromatic heterocycles. The zero-order valence-corrected chi connectivity index (χ0v) is 18.5. The highest BCUT2D eigenvalue weighted by molar-refractivity contribution is 5.72. The topological polar surface area (TPSA) is 101 Å². The van der Waals surface area contributed by atoms with Gasteiger partial charge in [-0.05, 0) is 48.8 Å². The maximum Gasteiger partial charge on any atom is 0.332 e. The number of ether oxygens (including phenoxy) is 2. The van der Waals surface area contributed by atoms with Gasteiger partial charge in [0.1, 0.15) is 17.3 Å². The summed E-state index contributed by atoms with van der Waals surface area (Å²) in [5.41, 5.74) is 0.243. The van der Waals surface area contributed by atoms with Crippen molar-refractivity contribution in [3.8, 4) is 17.5 Å². The molecule has 0 saturated heterocycles. The van der Waals surface area contributed by atoms with Gasteiger partial charge in [0.2, 0.25) is 0 Å². The number of rotatable bonds is 8. The van der Waals surface area contributed by atoms with Gasteiger partial charge in [0, 0.05) is 33.2 Å². The van der Waals surface area contributed by atoms with Gasteiger partial charge in [-0.1, -0.05) is 6.08 Å². The second kappa shape index (κ2) is 9.45. The Kier molecular flexibility index (Phi) is 6.45. The first-order valence-electron chi connectivity index (χ1n) is 10.6. The van der Waals surface area contributed by atoms with E-state index in [9.17, 15) is 19.1 Å². The Labute approximate surface area is 188 Å². The number of hydrogen-bond acceptors (Lipinski definition) is 6. The molecule has 0 bridgehead atoms. The van der Waals surface area contributed by atoms with Crippen molar-refractivity contribution in [2.24, 2.45) is 7.05 Å². The fraction of sp³-hybridized carbons (Fsp3) is 0.348. The lowest BCUT2D eigenvalue weighted by molar-refractivity contribution is 0.277. The van der Waals surface area contributed by atoms with E-state index in [1.807, 2.05) is 0 Å². The molecule has 1 aliphatic rings. The van der Waals surface area contributed by atoms with Gasteiger partial charge in [-0.3, -0.25) is 18.5 Å². The largest absolute Gasteiger partial charge is 0.497 e. The molecule has 0 radical (unpaired) electrons. The van der Waals surface area contributed by atoms with E-state index in [2.05, 4.69) is 4.98 Å². The molecule has 10 heteroatoms. The summed E-state index contributed by atoms with van der Waals surface area (Å²) in [4.78, 5) is 30.5. The highest BCUT2D eigenvalue weighted by Gasteiger charge is 2.22. The predicted molar refractivity (Wildman–Crippen MR) is 121 cm³/mol. The van der Waals surface area contributed by atoms with Crippen LogP contribution in [0.15, 0.2) is 57.4 Å². The molecule has 174 valence electrons. The van der Waals surface area contributed by atoms with Gasteiger partial charge in [-0.2, -0.15) is 4.98 Å². The van der Waals surface area contributed by atoms with Crippen molar-refractivity contribution < 1.29 is 19.0 Å². The van der Waals surface area contributed by atoms with E-state index in [-0.39, 0.29) is 55.5 Å². The third kappa shape index (κ3) is 4.47. The quantitative estimate of drug-likeness (QED) is 0.559. The Hall–Kier alpha value is -3.66. The second-order valence-corrected chi connectivity index (χ2v) is 7.74. The molecule has 0 atom stereocenters. The molecule has 2 heterocycles. The molecule has 0 unspecified atom stereocenters. The van der Waals surface area contributed by atoms with Crippen LogP contribution in [0.1, 0.15) is 19.3 Å². The lowest BCUT2D eigenvalue weighted by Gasteiger charge is -2.15. The van der Waals surface area contributed by atoms with Crippen molar-refractivity contribution in [2.45, 2.75) is 32.4 Å². The van der Waals surface area contributed by atoms with Crippen LogP contribution >= 0.6 is 0 Å². The number of halogens is 1. The van der Waals surface area contributed by atoms with Crippen molar-refractivity contribution in [2.75, 3.05) is 13.7 Å². The zero-order chi connectivity index (χ0) is 23.5. The third-order valence-corrected chi connectivity index (χ3v) is 5.55. The van der Waals surface area contributed by atoms with Gasteiger partial charge in [0.15, 0.2) is 11.2 Å². The summed E-state index contributed by atoms with van der Waals surface area (Å²) in [5, 5.41) is 9.18. The first-order chi connectivity index (χ1) is 15.9. The number of methoxy groups -OCH3 is 1. The molecule has 1 aromatic carbocycles. The normalized spacial score (nSPS) is 13.7. The van der Waals surface area contributed by atoms with E-state index in [1.165, 1.54) is 17.7 Å². The number of allylic oxidation sites excluding steroid dienone is 4. The fourth-order valence-electron chi connectivity index (χ4n) is 3.74. The number of imidazole rings is 1. The fourth-order valence-corrected chi connectivity index (χ4v) is 3.74. The summed E-state index contributed by atoms with van der Waals surface area (Å²) in [6.45, 7) is 0.178. The zero-order valence-electron chi connectivity index (χ0n) is 18.5. The third-order valence-electron chi connectivity index (χ3n) is 5.55. The van der Waals surface area contributed by atoms with E-state index in [4.69, 9.17) is 9.47 Å². The number of aliphatic hydroxyl groups excluding tert-OH is 1. The predicted octanol–water partition coefficient (Wildman–Crippen LogP) is 2.65. The van der Waals surface area contributed by atoms with Crippen LogP contribution in [0.2, 0.25) is 0 Å². The van der Waals surface area contributed by atoms with Crippen molar-refractivity contribution in [3.05, 3.63) is 68.7 Å². The highest BCUT2D eigenvalue weighted by Crippen LogP contribution is 2.28. The standard InChI is InChI=1S/C23H25FN4O5/c1-26-20-19(21(30)27(23(26)31)12-3-13-29)28(14-15-4-6-16(24)7-5-15)22(25-20)33-18-10-8-17(32-2)9-11-18/h4,6,8-11,29H,3,5,7,12-14H2,1-2H3. The van der Waals surface area contributed by atoms with Crippen LogP contribution < -0.4 is 20.7 Å². The maximum atomic E-state index is 13.5. The van der Waals surface area contributed by atoms with Gasteiger partial charge >= 0.3 is 11.7 Å². The van der Waals surface area contributed by atoms with Crippen LogP contribution in [0, 0.1) is 0 Å². The van der Waals surface area contributed by atoms with Crippen LogP contribution in [-0.4, -0.2) is 37.5 Å². The maximum absolute atomic E-state index is 13.5. The molecule has 3 aromatic rings. The molecule has 0 amide bonds. The molecule has 4 rings (SSSR count). The Balaban J connectivity index is 1.87. The van der Waals surface area contributed by atoms with Crippen molar-refractivity contribution in [1.29, 1.82) is 0 Å². The molecular formula is C23H25FN4O5. The molecule has 0 saturated carbocycles. The van der Waals surface area contributed by atoms with E-state index in [0.717, 1.165) is 10.1 Å². The molecule has 0 aliphatic heterocycles. The van der Waals surface area contributed by atoms with Crippen molar-refractivity contribution in [1.82, 2.24) is 18.7 Å². The minimum Gasteiger partial charge on any atom is -0.497 e. The minimum absolute atomic E-state index is 0.0778. The number of hydrogen-bond donors (Lipinski definition) is 1. The van der Waals surface area contributed by atoms with E-state index in [0.29, 0.717) is 17.9 Å². The lowest BCUT2D eigenvalue weighted by Crippen LogP contribution is -2.40. The lowest BCUT2D eigenvalue weighted by atomic mass is 10.0. The number of aliphatic hydroxyl groups is 1. The Bertz CT molecular complexity index is 1350. The van der Waals surface area contributed by atoms with Crippen LogP contribution in [0.3, 0.4) is 0 Å². The van der Waals surface area contributed by atoms with E-state index in [1.54, 1.807) is 42.0 Å². The Morgan fingerprint density at radius 3 is 2.45 bits per heavy atom. The van der Waals surface area contributed by atoms with Gasteiger partial charge < -0.3 is 14.6 Å². The molecule has 33 heavy (non-hydrogen) atoms. The Morgan fingerprint density at radius 2 is 1.82 bits per heavy atom. The van der Waals surface area contributed by atoms with Crippen molar-refractivity contribution >= 4 is 11.2 Å². The smallest absolute Gasteiger partial charge is 0.332 e. The number of aryl methyl sites for hydroxylation is 1. The summed E-state index contributed by atoms with van der Waals surface area (Å²) in [7, 11) is 3.10. The minimum atomic E-state index is -0.525. The number of nitrogens with zero attached hydrogens (tertiary/aromatic N) is 4. The van der Waals surface area contributed by atoms with Gasteiger partial charge in [-0.15, -0.1) is 0 Å². The van der Waals surface area contributed by atoms with Crippen LogP contribution in [0.5, 0.6) is 17.5 Å². The molecule has 0 fully saturated rings. The number of aromatic nitrogens is 4. The molecule has 1 aliphatic carbocycles.